The highest BCUT2D eigenvalue weighted by molar-refractivity contribution is 5.30. The van der Waals surface area contributed by atoms with Gasteiger partial charge in [0, 0.05) is 0 Å². The fourth-order valence-corrected chi connectivity index (χ4v) is 1.18. The van der Waals surface area contributed by atoms with Crippen LogP contribution < -0.4 is 0 Å². The molecule has 14 heavy (non-hydrogen) atoms. The van der Waals surface area contributed by atoms with E-state index >= 15 is 0 Å². The predicted molar refractivity (Wildman–Crippen MR) is 68.0 cm³/mol. The quantitative estimate of drug-likeness (QED) is 0.595. The fraction of sp³-hybridized carbons (Fsp3) is 0.571. The number of rotatable bonds is 1. The van der Waals surface area contributed by atoms with Crippen LogP contribution in [0.5, 0.6) is 0 Å². The lowest BCUT2D eigenvalue weighted by molar-refractivity contribution is 1.10. The van der Waals surface area contributed by atoms with Crippen molar-refractivity contribution in [2.45, 2.75) is 54.9 Å². The van der Waals surface area contributed by atoms with Crippen LogP contribution in [0.4, 0.5) is 0 Å². The first-order chi connectivity index (χ1) is 6.74. The molecule has 1 aromatic carbocycles. The lowest BCUT2D eigenvalue weighted by atomic mass is 10.0. The predicted octanol–water partition coefficient (Wildman–Crippen LogP) is 4.92. The summed E-state index contributed by atoms with van der Waals surface area (Å²) >= 11 is 0. The van der Waals surface area contributed by atoms with Crippen molar-refractivity contribution in [3.8, 4) is 0 Å². The van der Waals surface area contributed by atoms with Crippen LogP contribution in [-0.2, 0) is 6.42 Å². The number of hydrogen-bond acceptors (Lipinski definition) is 0. The van der Waals surface area contributed by atoms with E-state index in [1.165, 1.54) is 16.7 Å². The Labute approximate surface area is 90.4 Å². The highest BCUT2D eigenvalue weighted by Crippen LogP contribution is 2.10. The maximum Gasteiger partial charge on any atom is -0.0305 e. The molecule has 0 nitrogen and oxygen atoms in total. The van der Waals surface area contributed by atoms with Crippen molar-refractivity contribution in [2.75, 3.05) is 0 Å². The topological polar surface area (TPSA) is 0 Å². The van der Waals surface area contributed by atoms with Crippen molar-refractivity contribution in [3.63, 3.8) is 0 Å². The van der Waals surface area contributed by atoms with Gasteiger partial charge < -0.3 is 0 Å². The van der Waals surface area contributed by atoms with E-state index < -0.39 is 0 Å². The van der Waals surface area contributed by atoms with Gasteiger partial charge in [0.25, 0.3) is 0 Å². The van der Waals surface area contributed by atoms with Gasteiger partial charge in [-0.1, -0.05) is 58.4 Å². The summed E-state index contributed by atoms with van der Waals surface area (Å²) in [6, 6.07) is 6.61. The van der Waals surface area contributed by atoms with Crippen LogP contribution in [0.25, 0.3) is 0 Å². The third-order valence-electron chi connectivity index (χ3n) is 1.89. The Kier molecular flexibility index (Phi) is 11.5. The number of hydrogen-bond donors (Lipinski definition) is 0. The van der Waals surface area contributed by atoms with E-state index in [-0.39, 0.29) is 0 Å². The molecule has 0 spiro atoms. The Morgan fingerprint density at radius 2 is 1.43 bits per heavy atom. The minimum Gasteiger partial charge on any atom is -0.0683 e. The summed E-state index contributed by atoms with van der Waals surface area (Å²) in [6.45, 7) is 14.5. The van der Waals surface area contributed by atoms with E-state index in [1.807, 2.05) is 27.7 Å². The van der Waals surface area contributed by atoms with Crippen LogP contribution in [-0.4, -0.2) is 0 Å². The average molecular weight is 194 g/mol. The number of benzene rings is 1. The lowest BCUT2D eigenvalue weighted by Gasteiger charge is -2.02. The first-order valence-corrected chi connectivity index (χ1v) is 5.80. The van der Waals surface area contributed by atoms with Gasteiger partial charge in [-0.2, -0.15) is 0 Å². The van der Waals surface area contributed by atoms with Crippen molar-refractivity contribution in [1.82, 2.24) is 0 Å². The van der Waals surface area contributed by atoms with Gasteiger partial charge in [-0.3, -0.25) is 0 Å². The van der Waals surface area contributed by atoms with Crippen LogP contribution in [0.1, 0.15) is 51.3 Å². The Morgan fingerprint density at radius 1 is 0.929 bits per heavy atom. The molecule has 0 aliphatic rings. The van der Waals surface area contributed by atoms with Crippen LogP contribution in [0, 0.1) is 13.8 Å². The molecule has 0 saturated heterocycles. The summed E-state index contributed by atoms with van der Waals surface area (Å²) < 4.78 is 0. The maximum absolute atomic E-state index is 2.26. The van der Waals surface area contributed by atoms with Gasteiger partial charge in [0.1, 0.15) is 0 Å². The molecule has 0 heteroatoms. The summed E-state index contributed by atoms with van der Waals surface area (Å²) in [6.07, 6.45) is 1.15. The molecule has 1 rings (SSSR count). The van der Waals surface area contributed by atoms with Gasteiger partial charge in [0.05, 0.1) is 0 Å². The molecule has 0 N–H and O–H groups in total. The Hall–Kier alpha value is -0.780. The standard InChI is InChI=1S/C10H14.2C2H6/c1-4-10-7-8(2)5-6-9(10)3;2*1-2/h5-7H,4H2,1-3H3;2*1-2H3. The summed E-state index contributed by atoms with van der Waals surface area (Å²) in [5.74, 6) is 0. The average Bonchev–Trinajstić information content (AvgIpc) is 2.27. The van der Waals surface area contributed by atoms with Gasteiger partial charge >= 0.3 is 0 Å². The zero-order chi connectivity index (χ0) is 11.6. The second kappa shape index (κ2) is 10.3. The molecule has 0 amide bonds. The van der Waals surface area contributed by atoms with E-state index in [0.717, 1.165) is 6.42 Å². The summed E-state index contributed by atoms with van der Waals surface area (Å²) in [5, 5.41) is 0. The third kappa shape index (κ3) is 5.80. The van der Waals surface area contributed by atoms with Gasteiger partial charge in [0.2, 0.25) is 0 Å². The van der Waals surface area contributed by atoms with Gasteiger partial charge in [0.15, 0.2) is 0 Å². The van der Waals surface area contributed by atoms with Crippen molar-refractivity contribution in [1.29, 1.82) is 0 Å². The molecule has 0 aliphatic carbocycles. The second-order valence-corrected chi connectivity index (χ2v) is 2.78. The SMILES string of the molecule is CC.CC.CCc1cc(C)ccc1C. The lowest BCUT2D eigenvalue weighted by Crippen LogP contribution is -1.86. The highest BCUT2D eigenvalue weighted by atomic mass is 14.0. The summed E-state index contributed by atoms with van der Waals surface area (Å²) in [4.78, 5) is 0. The Balaban J connectivity index is 0. The number of aryl methyl sites for hydroxylation is 3. The van der Waals surface area contributed by atoms with E-state index in [2.05, 4.69) is 39.0 Å². The van der Waals surface area contributed by atoms with Crippen LogP contribution in [0.15, 0.2) is 18.2 Å². The Bertz CT molecular complexity index is 223. The van der Waals surface area contributed by atoms with E-state index in [0.29, 0.717) is 0 Å². The normalized spacial score (nSPS) is 7.93. The molecule has 0 radical (unpaired) electrons. The molecule has 0 fully saturated rings. The third-order valence-corrected chi connectivity index (χ3v) is 1.89. The van der Waals surface area contributed by atoms with Crippen molar-refractivity contribution >= 4 is 0 Å². The van der Waals surface area contributed by atoms with Crippen molar-refractivity contribution in [2.24, 2.45) is 0 Å². The summed E-state index contributed by atoms with van der Waals surface area (Å²) in [7, 11) is 0. The fourth-order valence-electron chi connectivity index (χ4n) is 1.18. The minimum atomic E-state index is 1.15. The van der Waals surface area contributed by atoms with E-state index in [4.69, 9.17) is 0 Å². The monoisotopic (exact) mass is 194 g/mol. The first kappa shape index (κ1) is 15.7. The van der Waals surface area contributed by atoms with Crippen molar-refractivity contribution in [3.05, 3.63) is 34.9 Å². The molecule has 0 bridgehead atoms. The molecule has 82 valence electrons. The first-order valence-electron chi connectivity index (χ1n) is 5.80. The van der Waals surface area contributed by atoms with E-state index in [1.54, 1.807) is 0 Å². The van der Waals surface area contributed by atoms with Crippen LogP contribution >= 0.6 is 0 Å². The zero-order valence-electron chi connectivity index (χ0n) is 10.9. The van der Waals surface area contributed by atoms with Gasteiger partial charge in [-0.05, 0) is 31.4 Å². The van der Waals surface area contributed by atoms with Gasteiger partial charge in [-0.25, -0.2) is 0 Å². The largest absolute Gasteiger partial charge is 0.0683 e. The minimum absolute atomic E-state index is 1.15. The molecular weight excluding hydrogens is 168 g/mol. The maximum atomic E-state index is 2.26. The molecule has 0 aliphatic heterocycles. The van der Waals surface area contributed by atoms with Gasteiger partial charge in [-0.15, -0.1) is 0 Å². The molecule has 0 heterocycles. The highest BCUT2D eigenvalue weighted by Gasteiger charge is 1.93. The molecule has 0 saturated carbocycles. The molecule has 0 atom stereocenters. The smallest absolute Gasteiger partial charge is 0.0305 e. The van der Waals surface area contributed by atoms with E-state index in [9.17, 15) is 0 Å². The Morgan fingerprint density at radius 3 is 1.79 bits per heavy atom. The second-order valence-electron chi connectivity index (χ2n) is 2.78. The van der Waals surface area contributed by atoms with Crippen LogP contribution in [0.3, 0.4) is 0 Å². The molecule has 1 aromatic rings. The molecular formula is C14H26. The molecule has 0 aromatic heterocycles. The summed E-state index contributed by atoms with van der Waals surface area (Å²) in [5.41, 5.74) is 4.25. The van der Waals surface area contributed by atoms with Crippen LogP contribution in [0.2, 0.25) is 0 Å². The molecule has 0 unspecified atom stereocenters. The van der Waals surface area contributed by atoms with Crippen molar-refractivity contribution < 1.29 is 0 Å². The zero-order valence-corrected chi connectivity index (χ0v) is 10.9.